The van der Waals surface area contributed by atoms with Gasteiger partial charge in [0.2, 0.25) is 0 Å². The second-order valence-corrected chi connectivity index (χ2v) is 4.37. The number of nitrogens with one attached hydrogen (secondary N) is 1. The number of ether oxygens (including phenoxy) is 1. The van der Waals surface area contributed by atoms with Crippen molar-refractivity contribution in [3.05, 3.63) is 0 Å². The van der Waals surface area contributed by atoms with E-state index in [-0.39, 0.29) is 0 Å². The first kappa shape index (κ1) is 11.4. The van der Waals surface area contributed by atoms with E-state index in [4.69, 9.17) is 4.74 Å². The molecule has 4 heteroatoms. The topological polar surface area (TPSA) is 24.5 Å². The first-order chi connectivity index (χ1) is 6.22. The van der Waals surface area contributed by atoms with Gasteiger partial charge in [0.25, 0.3) is 0 Å². The van der Waals surface area contributed by atoms with Crippen molar-refractivity contribution < 1.29 is 4.74 Å². The highest BCUT2D eigenvalue weighted by atomic mass is 79.9. The van der Waals surface area contributed by atoms with Crippen LogP contribution in [-0.4, -0.2) is 55.7 Å². The minimum absolute atomic E-state index is 0.361. The molecule has 3 nitrogen and oxygen atoms in total. The van der Waals surface area contributed by atoms with Crippen LogP contribution in [0, 0.1) is 0 Å². The van der Waals surface area contributed by atoms with Crippen LogP contribution in [0.2, 0.25) is 0 Å². The Morgan fingerprint density at radius 1 is 1.69 bits per heavy atom. The normalized spacial score (nSPS) is 27.5. The monoisotopic (exact) mass is 250 g/mol. The van der Waals surface area contributed by atoms with Crippen molar-refractivity contribution in [1.29, 1.82) is 0 Å². The lowest BCUT2D eigenvalue weighted by atomic mass is 10.2. The average molecular weight is 251 g/mol. The Morgan fingerprint density at radius 2 is 2.46 bits per heavy atom. The molecule has 0 aromatic carbocycles. The van der Waals surface area contributed by atoms with Crippen molar-refractivity contribution in [2.45, 2.75) is 19.1 Å². The van der Waals surface area contributed by atoms with Crippen molar-refractivity contribution in [3.8, 4) is 0 Å². The summed E-state index contributed by atoms with van der Waals surface area (Å²) in [6.45, 7) is 6.09. The van der Waals surface area contributed by atoms with Crippen molar-refractivity contribution in [2.24, 2.45) is 0 Å². The Hall–Kier alpha value is 0.360. The number of likely N-dealkylation sites (N-methyl/N-ethyl adjacent to an activating group) is 1. The molecule has 0 amide bonds. The lowest BCUT2D eigenvalue weighted by Crippen LogP contribution is -2.46. The van der Waals surface area contributed by atoms with Crippen molar-refractivity contribution in [2.75, 3.05) is 38.6 Å². The third kappa shape index (κ3) is 4.40. The summed E-state index contributed by atoms with van der Waals surface area (Å²) < 4.78 is 5.62. The average Bonchev–Trinajstić information content (AvgIpc) is 2.14. The number of halogens is 1. The highest BCUT2D eigenvalue weighted by Gasteiger charge is 2.17. The van der Waals surface area contributed by atoms with Gasteiger partial charge in [0.1, 0.15) is 0 Å². The molecule has 2 atom stereocenters. The van der Waals surface area contributed by atoms with Crippen LogP contribution < -0.4 is 5.32 Å². The molecule has 78 valence electrons. The number of rotatable bonds is 4. The molecule has 0 aromatic rings. The molecule has 0 bridgehead atoms. The Kier molecular flexibility index (Phi) is 5.24. The maximum Gasteiger partial charge on any atom is 0.0826 e. The lowest BCUT2D eigenvalue weighted by Gasteiger charge is -2.30. The maximum absolute atomic E-state index is 5.62. The van der Waals surface area contributed by atoms with Gasteiger partial charge in [0.15, 0.2) is 0 Å². The fraction of sp³-hybridized carbons (Fsp3) is 1.00. The van der Waals surface area contributed by atoms with Crippen LogP contribution in [0.4, 0.5) is 0 Å². The van der Waals surface area contributed by atoms with Gasteiger partial charge in [0.05, 0.1) is 12.7 Å². The van der Waals surface area contributed by atoms with Crippen LogP contribution in [0.3, 0.4) is 0 Å². The van der Waals surface area contributed by atoms with Gasteiger partial charge >= 0.3 is 0 Å². The second-order valence-electron chi connectivity index (χ2n) is 3.72. The molecular weight excluding hydrogens is 232 g/mol. The third-order valence-corrected chi connectivity index (χ3v) is 3.24. The summed E-state index contributed by atoms with van der Waals surface area (Å²) in [6, 6.07) is 0.524. The molecule has 0 saturated carbocycles. The molecule has 0 radical (unpaired) electrons. The van der Waals surface area contributed by atoms with E-state index < -0.39 is 0 Å². The standard InChI is InChI=1S/C9H19BrN2O/c1-8(5-10)11-6-9-7-12(2)3-4-13-9/h8-9,11H,3-7H2,1-2H3. The van der Waals surface area contributed by atoms with Crippen LogP contribution in [0.25, 0.3) is 0 Å². The number of hydrogen-bond acceptors (Lipinski definition) is 3. The van der Waals surface area contributed by atoms with Gasteiger partial charge < -0.3 is 15.0 Å². The van der Waals surface area contributed by atoms with Crippen molar-refractivity contribution >= 4 is 15.9 Å². The summed E-state index contributed by atoms with van der Waals surface area (Å²) >= 11 is 3.44. The molecule has 0 aliphatic carbocycles. The Balaban J connectivity index is 2.13. The number of alkyl halides is 1. The zero-order valence-electron chi connectivity index (χ0n) is 8.42. The molecule has 13 heavy (non-hydrogen) atoms. The van der Waals surface area contributed by atoms with Gasteiger partial charge in [-0.1, -0.05) is 15.9 Å². The smallest absolute Gasteiger partial charge is 0.0826 e. The fourth-order valence-corrected chi connectivity index (χ4v) is 1.61. The second kappa shape index (κ2) is 5.96. The van der Waals surface area contributed by atoms with E-state index in [1.54, 1.807) is 0 Å². The summed E-state index contributed by atoms with van der Waals surface area (Å²) in [6.07, 6.45) is 0.361. The molecule has 1 saturated heterocycles. The van der Waals surface area contributed by atoms with Gasteiger partial charge in [0, 0.05) is 31.0 Å². The molecule has 1 rings (SSSR count). The van der Waals surface area contributed by atoms with E-state index in [2.05, 4.69) is 40.1 Å². The maximum atomic E-state index is 5.62. The molecule has 0 spiro atoms. The van der Waals surface area contributed by atoms with E-state index in [0.29, 0.717) is 12.1 Å². The summed E-state index contributed by atoms with van der Waals surface area (Å²) in [5.41, 5.74) is 0. The minimum atomic E-state index is 0.361. The van der Waals surface area contributed by atoms with Crippen LogP contribution in [0.15, 0.2) is 0 Å². The molecule has 1 aliphatic rings. The summed E-state index contributed by atoms with van der Waals surface area (Å²) in [7, 11) is 2.14. The zero-order chi connectivity index (χ0) is 9.68. The van der Waals surface area contributed by atoms with Gasteiger partial charge in [-0.3, -0.25) is 0 Å². The quantitative estimate of drug-likeness (QED) is 0.744. The van der Waals surface area contributed by atoms with E-state index in [9.17, 15) is 0 Å². The first-order valence-corrected chi connectivity index (χ1v) is 5.94. The highest BCUT2D eigenvalue weighted by Crippen LogP contribution is 2.02. The molecule has 2 unspecified atom stereocenters. The van der Waals surface area contributed by atoms with Crippen molar-refractivity contribution in [3.63, 3.8) is 0 Å². The zero-order valence-corrected chi connectivity index (χ0v) is 10.0. The van der Waals surface area contributed by atoms with Crippen LogP contribution >= 0.6 is 15.9 Å². The summed E-state index contributed by atoms with van der Waals surface area (Å²) in [5.74, 6) is 0. The Labute approximate surface area is 88.9 Å². The van der Waals surface area contributed by atoms with Crippen molar-refractivity contribution in [1.82, 2.24) is 10.2 Å². The highest BCUT2D eigenvalue weighted by molar-refractivity contribution is 9.09. The van der Waals surface area contributed by atoms with Gasteiger partial charge in [-0.2, -0.15) is 0 Å². The molecule has 1 heterocycles. The van der Waals surface area contributed by atoms with Gasteiger partial charge in [-0.05, 0) is 14.0 Å². The fourth-order valence-electron chi connectivity index (χ4n) is 1.38. The number of nitrogens with zero attached hydrogens (tertiary/aromatic N) is 1. The van der Waals surface area contributed by atoms with E-state index >= 15 is 0 Å². The molecule has 0 aromatic heterocycles. The largest absolute Gasteiger partial charge is 0.374 e. The predicted octanol–water partition coefficient (Wildman–Crippen LogP) is 0.690. The number of hydrogen-bond donors (Lipinski definition) is 1. The van der Waals surface area contributed by atoms with Crippen LogP contribution in [0.1, 0.15) is 6.92 Å². The summed E-state index contributed by atoms with van der Waals surface area (Å²) in [4.78, 5) is 2.31. The Bertz CT molecular complexity index is 146. The minimum Gasteiger partial charge on any atom is -0.374 e. The molecule has 1 aliphatic heterocycles. The number of morpholine rings is 1. The van der Waals surface area contributed by atoms with Gasteiger partial charge in [-0.25, -0.2) is 0 Å². The van der Waals surface area contributed by atoms with E-state index in [1.807, 2.05) is 0 Å². The molecule has 1 fully saturated rings. The summed E-state index contributed by atoms with van der Waals surface area (Å²) in [5, 5.41) is 4.42. The van der Waals surface area contributed by atoms with E-state index in [1.165, 1.54) is 0 Å². The Morgan fingerprint density at radius 3 is 3.08 bits per heavy atom. The first-order valence-electron chi connectivity index (χ1n) is 4.82. The SMILES string of the molecule is CC(CBr)NCC1CN(C)CCO1. The lowest BCUT2D eigenvalue weighted by molar-refractivity contribution is -0.0187. The predicted molar refractivity (Wildman–Crippen MR) is 58.5 cm³/mol. The third-order valence-electron chi connectivity index (χ3n) is 2.27. The molecule has 1 N–H and O–H groups in total. The van der Waals surface area contributed by atoms with Gasteiger partial charge in [-0.15, -0.1) is 0 Å². The van der Waals surface area contributed by atoms with Crippen LogP contribution in [0.5, 0.6) is 0 Å². The van der Waals surface area contributed by atoms with Crippen LogP contribution in [-0.2, 0) is 4.74 Å². The van der Waals surface area contributed by atoms with E-state index in [0.717, 1.165) is 31.6 Å². The molecular formula is C9H19BrN2O.